The van der Waals surface area contributed by atoms with Crippen molar-refractivity contribution in [3.8, 4) is 17.2 Å². The van der Waals surface area contributed by atoms with Crippen LogP contribution in [0.25, 0.3) is 0 Å². The van der Waals surface area contributed by atoms with Gasteiger partial charge in [0.25, 0.3) is 0 Å². The van der Waals surface area contributed by atoms with Crippen molar-refractivity contribution in [2.24, 2.45) is 0 Å². The number of aryl methyl sites for hydroxylation is 2. The fourth-order valence-electron chi connectivity index (χ4n) is 2.70. The Morgan fingerprint density at radius 2 is 1.88 bits per heavy atom. The van der Waals surface area contributed by atoms with Crippen LogP contribution in [-0.4, -0.2) is 26.2 Å². The molecule has 0 bridgehead atoms. The average molecular weight is 327 g/mol. The van der Waals surface area contributed by atoms with Crippen molar-refractivity contribution in [3.63, 3.8) is 0 Å². The maximum Gasteiger partial charge on any atom is 0.224 e. The zero-order chi connectivity index (χ0) is 16.9. The normalized spacial score (nSPS) is 12.6. The smallest absolute Gasteiger partial charge is 0.224 e. The second-order valence-electron chi connectivity index (χ2n) is 5.67. The van der Waals surface area contributed by atoms with Crippen molar-refractivity contribution in [3.05, 3.63) is 47.5 Å². The predicted octanol–water partition coefficient (Wildman–Crippen LogP) is 3.35. The van der Waals surface area contributed by atoms with Crippen LogP contribution in [0.5, 0.6) is 17.2 Å². The predicted molar refractivity (Wildman–Crippen MR) is 92.1 cm³/mol. The second kappa shape index (κ2) is 7.25. The molecule has 0 saturated heterocycles. The summed E-state index contributed by atoms with van der Waals surface area (Å²) in [6.07, 6.45) is 1.01. The summed E-state index contributed by atoms with van der Waals surface area (Å²) in [5.74, 6) is 2.17. The minimum absolute atomic E-state index is 0.0410. The van der Waals surface area contributed by atoms with E-state index in [-0.39, 0.29) is 5.91 Å². The van der Waals surface area contributed by atoms with Gasteiger partial charge in [0, 0.05) is 18.2 Å². The highest BCUT2D eigenvalue weighted by atomic mass is 16.6. The lowest BCUT2D eigenvalue weighted by molar-refractivity contribution is -0.116. The largest absolute Gasteiger partial charge is 0.496 e. The molecule has 5 nitrogen and oxygen atoms in total. The fraction of sp³-hybridized carbons (Fsp3) is 0.316. The SMILES string of the molecule is COc1ccccc1CCC(=O)Nc1cc2c(cc1C)OCCO2. The van der Waals surface area contributed by atoms with Gasteiger partial charge in [-0.25, -0.2) is 0 Å². The number of anilines is 1. The number of hydrogen-bond acceptors (Lipinski definition) is 4. The van der Waals surface area contributed by atoms with Gasteiger partial charge in [0.15, 0.2) is 11.5 Å². The molecule has 0 unspecified atom stereocenters. The van der Waals surface area contributed by atoms with E-state index >= 15 is 0 Å². The van der Waals surface area contributed by atoms with Crippen molar-refractivity contribution in [2.45, 2.75) is 19.8 Å². The molecule has 5 heteroatoms. The Labute approximate surface area is 141 Å². The van der Waals surface area contributed by atoms with Gasteiger partial charge in [-0.2, -0.15) is 0 Å². The quantitative estimate of drug-likeness (QED) is 0.915. The summed E-state index contributed by atoms with van der Waals surface area (Å²) in [6, 6.07) is 11.5. The molecule has 0 spiro atoms. The molecule has 126 valence electrons. The number of nitrogens with one attached hydrogen (secondary N) is 1. The lowest BCUT2D eigenvalue weighted by Crippen LogP contribution is -2.17. The molecule has 2 aromatic carbocycles. The maximum absolute atomic E-state index is 12.3. The van der Waals surface area contributed by atoms with Crippen LogP contribution in [0, 0.1) is 6.92 Å². The van der Waals surface area contributed by atoms with Crippen molar-refractivity contribution in [1.82, 2.24) is 0 Å². The Morgan fingerprint density at radius 3 is 2.62 bits per heavy atom. The maximum atomic E-state index is 12.3. The standard InChI is InChI=1S/C19H21NO4/c1-13-11-17-18(24-10-9-23-17)12-15(13)20-19(21)8-7-14-5-3-4-6-16(14)22-2/h3-6,11-12H,7-10H2,1-2H3,(H,20,21). The zero-order valence-corrected chi connectivity index (χ0v) is 13.9. The minimum atomic E-state index is -0.0410. The number of ether oxygens (including phenoxy) is 3. The van der Waals surface area contributed by atoms with E-state index in [9.17, 15) is 4.79 Å². The highest BCUT2D eigenvalue weighted by molar-refractivity contribution is 5.92. The molecule has 1 N–H and O–H groups in total. The molecule has 1 amide bonds. The van der Waals surface area contributed by atoms with E-state index in [0.29, 0.717) is 31.8 Å². The lowest BCUT2D eigenvalue weighted by Gasteiger charge is -2.20. The molecule has 24 heavy (non-hydrogen) atoms. The topological polar surface area (TPSA) is 56.8 Å². The van der Waals surface area contributed by atoms with Gasteiger partial charge >= 0.3 is 0 Å². The van der Waals surface area contributed by atoms with Crippen LogP contribution in [0.4, 0.5) is 5.69 Å². The van der Waals surface area contributed by atoms with Gasteiger partial charge < -0.3 is 19.5 Å². The number of amides is 1. The summed E-state index contributed by atoms with van der Waals surface area (Å²) in [4.78, 5) is 12.3. The molecule has 1 aliphatic heterocycles. The molecule has 1 aliphatic rings. The minimum Gasteiger partial charge on any atom is -0.496 e. The highest BCUT2D eigenvalue weighted by Gasteiger charge is 2.15. The molecule has 1 heterocycles. The van der Waals surface area contributed by atoms with Crippen LogP contribution < -0.4 is 19.5 Å². The first kappa shape index (κ1) is 16.2. The Bertz CT molecular complexity index is 742. The van der Waals surface area contributed by atoms with E-state index in [1.165, 1.54) is 0 Å². The summed E-state index contributed by atoms with van der Waals surface area (Å²) >= 11 is 0. The first-order chi connectivity index (χ1) is 11.7. The number of carbonyl (C=O) groups is 1. The van der Waals surface area contributed by atoms with Crippen LogP contribution in [-0.2, 0) is 11.2 Å². The van der Waals surface area contributed by atoms with Crippen LogP contribution in [0.3, 0.4) is 0 Å². The first-order valence-electron chi connectivity index (χ1n) is 7.99. The van der Waals surface area contributed by atoms with Gasteiger partial charge in [-0.15, -0.1) is 0 Å². The molecule has 0 saturated carbocycles. The number of fused-ring (bicyclic) bond motifs is 1. The van der Waals surface area contributed by atoms with E-state index in [4.69, 9.17) is 14.2 Å². The fourth-order valence-corrected chi connectivity index (χ4v) is 2.70. The average Bonchev–Trinajstić information content (AvgIpc) is 2.61. The van der Waals surface area contributed by atoms with Gasteiger partial charge in [-0.1, -0.05) is 18.2 Å². The Balaban J connectivity index is 1.65. The summed E-state index contributed by atoms with van der Waals surface area (Å²) in [5, 5.41) is 2.95. The van der Waals surface area contributed by atoms with E-state index in [2.05, 4.69) is 5.32 Å². The van der Waals surface area contributed by atoms with Crippen molar-refractivity contribution in [2.75, 3.05) is 25.6 Å². The number of methoxy groups -OCH3 is 1. The second-order valence-corrected chi connectivity index (χ2v) is 5.67. The van der Waals surface area contributed by atoms with E-state index in [1.807, 2.05) is 43.3 Å². The number of benzene rings is 2. The van der Waals surface area contributed by atoms with E-state index in [0.717, 1.165) is 28.3 Å². The van der Waals surface area contributed by atoms with Crippen LogP contribution >= 0.6 is 0 Å². The Hall–Kier alpha value is -2.69. The third kappa shape index (κ3) is 3.62. The number of carbonyl (C=O) groups excluding carboxylic acids is 1. The third-order valence-corrected chi connectivity index (χ3v) is 3.98. The van der Waals surface area contributed by atoms with Gasteiger partial charge in [0.2, 0.25) is 5.91 Å². The Morgan fingerprint density at radius 1 is 1.17 bits per heavy atom. The Kier molecular flexibility index (Phi) is 4.89. The van der Waals surface area contributed by atoms with Gasteiger partial charge in [-0.3, -0.25) is 4.79 Å². The summed E-state index contributed by atoms with van der Waals surface area (Å²) in [5.41, 5.74) is 2.73. The zero-order valence-electron chi connectivity index (χ0n) is 13.9. The van der Waals surface area contributed by atoms with Gasteiger partial charge in [0.05, 0.1) is 7.11 Å². The number of hydrogen-bond donors (Lipinski definition) is 1. The molecular weight excluding hydrogens is 306 g/mol. The molecule has 0 atom stereocenters. The number of para-hydroxylation sites is 1. The van der Waals surface area contributed by atoms with Gasteiger partial charge in [-0.05, 0) is 36.6 Å². The summed E-state index contributed by atoms with van der Waals surface area (Å²) in [7, 11) is 1.64. The van der Waals surface area contributed by atoms with E-state index < -0.39 is 0 Å². The molecule has 0 aromatic heterocycles. The summed E-state index contributed by atoms with van der Waals surface area (Å²) < 4.78 is 16.4. The molecule has 2 aromatic rings. The van der Waals surface area contributed by atoms with Crippen molar-refractivity contribution in [1.29, 1.82) is 0 Å². The molecule has 3 rings (SSSR count). The molecule has 0 fully saturated rings. The lowest BCUT2D eigenvalue weighted by atomic mass is 10.1. The van der Waals surface area contributed by atoms with Crippen molar-refractivity contribution >= 4 is 11.6 Å². The monoisotopic (exact) mass is 327 g/mol. The van der Waals surface area contributed by atoms with Crippen LogP contribution in [0.1, 0.15) is 17.5 Å². The summed E-state index contributed by atoms with van der Waals surface area (Å²) in [6.45, 7) is 3.02. The first-order valence-corrected chi connectivity index (χ1v) is 7.99. The molecular formula is C19H21NO4. The van der Waals surface area contributed by atoms with Crippen LogP contribution in [0.2, 0.25) is 0 Å². The van der Waals surface area contributed by atoms with Crippen molar-refractivity contribution < 1.29 is 19.0 Å². The van der Waals surface area contributed by atoms with Crippen LogP contribution in [0.15, 0.2) is 36.4 Å². The van der Waals surface area contributed by atoms with E-state index in [1.54, 1.807) is 7.11 Å². The molecule has 0 aliphatic carbocycles. The van der Waals surface area contributed by atoms with Gasteiger partial charge in [0.1, 0.15) is 19.0 Å². The molecule has 0 radical (unpaired) electrons. The highest BCUT2D eigenvalue weighted by Crippen LogP contribution is 2.35. The third-order valence-electron chi connectivity index (χ3n) is 3.98. The number of rotatable bonds is 5.